The molecule has 1 aromatic heterocycles. The third-order valence-electron chi connectivity index (χ3n) is 11.8. The summed E-state index contributed by atoms with van der Waals surface area (Å²) in [5.74, 6) is -3.75. The van der Waals surface area contributed by atoms with Gasteiger partial charge in [0, 0.05) is 50.6 Å². The van der Waals surface area contributed by atoms with Crippen LogP contribution in [-0.2, 0) is 41.4 Å². The van der Waals surface area contributed by atoms with Gasteiger partial charge in [0.15, 0.2) is 17.3 Å². The van der Waals surface area contributed by atoms with Crippen LogP contribution in [0.2, 0.25) is 0 Å². The standard InChI is InChI=1S/C49H54F5N7O9S/c1-47(2,3)41(44(65)59-26-33(62)22-38(59)43(64)56-25-29-9-11-30(12-10-29)40-42(51)57-28-70-40)58-39(63)27-68-19-8-18-67-17-6-7-20-69-34-15-13-32(14-16-34)61-46(71)60(45(66)48(61,4)5)37-23-35(49(52,53)54)31(24-55)21-36(37)50/h9-16,21,23,28,33,38,41,62H,6-8,17-20,22,25-27H2,1-5H3,(H,56,64)(H,58,63)/t33-,38+,41?/m1/s1. The Bertz CT molecular complexity index is 2620. The molecule has 0 aliphatic carbocycles. The van der Waals surface area contributed by atoms with Gasteiger partial charge in [-0.15, -0.1) is 0 Å². The Kier molecular flexibility index (Phi) is 17.2. The number of nitrogens with one attached hydrogen (secondary N) is 2. The van der Waals surface area contributed by atoms with Gasteiger partial charge < -0.3 is 44.2 Å². The molecule has 2 fully saturated rings. The number of anilines is 2. The molecule has 3 heterocycles. The summed E-state index contributed by atoms with van der Waals surface area (Å²) in [6, 6.07) is 13.3. The van der Waals surface area contributed by atoms with E-state index in [1.54, 1.807) is 69.3 Å². The quantitative estimate of drug-likeness (QED) is 0.0474. The fraction of sp³-hybridized carbons (Fsp3) is 0.449. The second-order valence-corrected chi connectivity index (χ2v) is 18.9. The van der Waals surface area contributed by atoms with E-state index < -0.39 is 87.5 Å². The van der Waals surface area contributed by atoms with Crippen LogP contribution in [-0.4, -0.2) is 107 Å². The number of hydrogen-bond acceptors (Lipinski definition) is 12. The van der Waals surface area contributed by atoms with Gasteiger partial charge in [-0.2, -0.15) is 27.8 Å². The summed E-state index contributed by atoms with van der Waals surface area (Å²) in [5.41, 5.74) is -3.62. The number of rotatable bonds is 20. The van der Waals surface area contributed by atoms with E-state index >= 15 is 4.39 Å². The number of thiocarbonyl (C=S) groups is 1. The minimum Gasteiger partial charge on any atom is -0.494 e. The molecule has 16 nitrogen and oxygen atoms in total. The van der Waals surface area contributed by atoms with Crippen molar-refractivity contribution in [3.8, 4) is 23.1 Å². The molecule has 6 rings (SSSR count). The minimum absolute atomic E-state index is 0.00751. The summed E-state index contributed by atoms with van der Waals surface area (Å²) in [6.07, 6.45) is -3.11. The molecule has 4 amide bonds. The molecule has 22 heteroatoms. The third-order valence-corrected chi connectivity index (χ3v) is 12.1. The summed E-state index contributed by atoms with van der Waals surface area (Å²) in [4.78, 5) is 60.6. The Labute approximate surface area is 412 Å². The van der Waals surface area contributed by atoms with Gasteiger partial charge >= 0.3 is 6.18 Å². The predicted octanol–water partition coefficient (Wildman–Crippen LogP) is 6.82. The van der Waals surface area contributed by atoms with E-state index in [0.29, 0.717) is 78.7 Å². The molecular formula is C49H54F5N7O9S. The molecule has 2 aliphatic heterocycles. The number of carbonyl (C=O) groups excluding carboxylic acids is 4. The van der Waals surface area contributed by atoms with Crippen molar-refractivity contribution in [2.45, 2.75) is 96.7 Å². The second kappa shape index (κ2) is 22.7. The number of β-amino-alcohol motifs (C(OH)–C–C–N with tert-alkyl or cyclic N) is 1. The first-order valence-electron chi connectivity index (χ1n) is 22.6. The number of hydrogen-bond donors (Lipinski definition) is 3. The molecule has 1 unspecified atom stereocenters. The monoisotopic (exact) mass is 1010 g/mol. The van der Waals surface area contributed by atoms with Crippen molar-refractivity contribution in [1.82, 2.24) is 20.5 Å². The zero-order valence-corrected chi connectivity index (χ0v) is 40.4. The number of aliphatic hydroxyl groups is 1. The number of benzene rings is 3. The topological polar surface area (TPSA) is 200 Å². The first-order chi connectivity index (χ1) is 33.5. The zero-order chi connectivity index (χ0) is 51.8. The molecule has 3 aromatic carbocycles. The minimum atomic E-state index is -4.98. The van der Waals surface area contributed by atoms with Crippen LogP contribution in [0.3, 0.4) is 0 Å². The van der Waals surface area contributed by atoms with Crippen molar-refractivity contribution in [3.63, 3.8) is 0 Å². The van der Waals surface area contributed by atoms with Gasteiger partial charge in [-0.3, -0.25) is 24.1 Å². The maximum absolute atomic E-state index is 15.1. The van der Waals surface area contributed by atoms with Crippen molar-refractivity contribution < 1.29 is 64.9 Å². The van der Waals surface area contributed by atoms with Crippen LogP contribution in [0, 0.1) is 28.5 Å². The van der Waals surface area contributed by atoms with E-state index in [0.717, 1.165) is 6.39 Å². The summed E-state index contributed by atoms with van der Waals surface area (Å²) >= 11 is 5.51. The lowest BCUT2D eigenvalue weighted by Crippen LogP contribution is -2.58. The van der Waals surface area contributed by atoms with Gasteiger partial charge in [-0.05, 0) is 92.7 Å². The van der Waals surface area contributed by atoms with Crippen LogP contribution in [0.25, 0.3) is 11.3 Å². The van der Waals surface area contributed by atoms with Gasteiger partial charge in [0.1, 0.15) is 35.8 Å². The van der Waals surface area contributed by atoms with E-state index in [2.05, 4.69) is 15.6 Å². The summed E-state index contributed by atoms with van der Waals surface area (Å²) in [6.45, 7) is 9.37. The van der Waals surface area contributed by atoms with E-state index in [1.165, 1.54) is 29.7 Å². The number of carbonyl (C=O) groups is 4. The number of nitriles is 1. The highest BCUT2D eigenvalue weighted by atomic mass is 32.1. The van der Waals surface area contributed by atoms with E-state index in [4.69, 9.17) is 36.1 Å². The normalized spacial score (nSPS) is 17.4. The lowest BCUT2D eigenvalue weighted by atomic mass is 9.85. The predicted molar refractivity (Wildman–Crippen MR) is 251 cm³/mol. The molecule has 2 saturated heterocycles. The van der Waals surface area contributed by atoms with Gasteiger partial charge in [0.25, 0.3) is 11.9 Å². The Balaban J connectivity index is 0.873. The number of ether oxygens (including phenoxy) is 3. The highest BCUT2D eigenvalue weighted by molar-refractivity contribution is 7.81. The first kappa shape index (κ1) is 53.8. The lowest BCUT2D eigenvalue weighted by molar-refractivity contribution is -0.144. The highest BCUT2D eigenvalue weighted by Gasteiger charge is 2.52. The molecule has 380 valence electrons. The van der Waals surface area contributed by atoms with Crippen LogP contribution < -0.4 is 25.2 Å². The fourth-order valence-corrected chi connectivity index (χ4v) is 8.56. The van der Waals surface area contributed by atoms with Crippen LogP contribution in [0.4, 0.5) is 33.3 Å². The SMILES string of the molecule is CC(C)(C)C(NC(=O)COCCCOCCCCOc1ccc(N2C(=S)N(c3cc(C(F)(F)F)c(C#N)cc3F)C(=O)C2(C)C)cc1)C(=O)N1C[C@H](O)C[C@H]1C(=O)NCc1ccc(-c2ocnc2F)cc1. The Morgan fingerprint density at radius 2 is 1.65 bits per heavy atom. The fourth-order valence-electron chi connectivity index (χ4n) is 8.04. The smallest absolute Gasteiger partial charge is 0.417 e. The maximum atomic E-state index is 15.1. The maximum Gasteiger partial charge on any atom is 0.417 e. The Hall–Kier alpha value is -6.54. The average molecular weight is 1010 g/mol. The summed E-state index contributed by atoms with van der Waals surface area (Å²) in [7, 11) is 0. The van der Waals surface area contributed by atoms with Crippen LogP contribution in [0.15, 0.2) is 71.5 Å². The van der Waals surface area contributed by atoms with Gasteiger partial charge in [0.2, 0.25) is 17.7 Å². The van der Waals surface area contributed by atoms with Gasteiger partial charge in [-0.25, -0.2) is 4.39 Å². The van der Waals surface area contributed by atoms with Crippen molar-refractivity contribution in [2.75, 3.05) is 49.4 Å². The number of aromatic nitrogens is 1. The van der Waals surface area contributed by atoms with Crippen molar-refractivity contribution in [1.29, 1.82) is 5.26 Å². The largest absolute Gasteiger partial charge is 0.494 e. The van der Waals surface area contributed by atoms with Crippen LogP contribution in [0.1, 0.15) is 77.0 Å². The first-order valence-corrected chi connectivity index (χ1v) is 23.1. The molecule has 0 radical (unpaired) electrons. The van der Waals surface area contributed by atoms with E-state index in [9.17, 15) is 41.8 Å². The lowest BCUT2D eigenvalue weighted by Gasteiger charge is -2.35. The number of amides is 4. The summed E-state index contributed by atoms with van der Waals surface area (Å²) in [5, 5.41) is 25.0. The molecule has 3 atom stereocenters. The van der Waals surface area contributed by atoms with Crippen LogP contribution in [0.5, 0.6) is 5.75 Å². The molecule has 3 N–H and O–H groups in total. The number of nitrogens with zero attached hydrogens (tertiary/aromatic N) is 5. The number of halogens is 5. The Morgan fingerprint density at radius 3 is 2.28 bits per heavy atom. The molecule has 0 saturated carbocycles. The Morgan fingerprint density at radius 1 is 0.986 bits per heavy atom. The molecular weight excluding hydrogens is 958 g/mol. The van der Waals surface area contributed by atoms with Crippen molar-refractivity contribution in [3.05, 3.63) is 95.5 Å². The second-order valence-electron chi connectivity index (χ2n) is 18.5. The van der Waals surface area contributed by atoms with E-state index in [1.807, 2.05) is 0 Å². The molecule has 4 aromatic rings. The summed E-state index contributed by atoms with van der Waals surface area (Å²) < 4.78 is 92.2. The third kappa shape index (κ3) is 12.9. The molecule has 0 bridgehead atoms. The van der Waals surface area contributed by atoms with Gasteiger partial charge in [0.05, 0.1) is 35.6 Å². The molecule has 0 spiro atoms. The molecule has 71 heavy (non-hydrogen) atoms. The number of aliphatic hydroxyl groups excluding tert-OH is 1. The average Bonchev–Trinajstić information content (AvgIpc) is 3.98. The number of alkyl halides is 3. The number of likely N-dealkylation sites (tertiary alicyclic amines) is 1. The molecule has 2 aliphatic rings. The zero-order valence-electron chi connectivity index (χ0n) is 39.6. The number of oxazole rings is 1. The van der Waals surface area contributed by atoms with Crippen LogP contribution >= 0.6 is 12.2 Å². The number of unbranched alkanes of at least 4 members (excludes halogenated alkanes) is 1. The highest BCUT2D eigenvalue weighted by Crippen LogP contribution is 2.41. The van der Waals surface area contributed by atoms with Crippen molar-refractivity contribution >= 4 is 52.3 Å². The van der Waals surface area contributed by atoms with Crippen molar-refractivity contribution in [2.24, 2.45) is 5.41 Å². The van der Waals surface area contributed by atoms with Gasteiger partial charge in [-0.1, -0.05) is 45.0 Å². The van der Waals surface area contributed by atoms with E-state index in [-0.39, 0.29) is 43.6 Å².